The van der Waals surface area contributed by atoms with E-state index in [1.807, 2.05) is 0 Å². The predicted octanol–water partition coefficient (Wildman–Crippen LogP) is 12.6. The summed E-state index contributed by atoms with van der Waals surface area (Å²) in [5, 5.41) is 11.9. The number of carbonyl (C=O) groups excluding carboxylic acids is 2. The van der Waals surface area contributed by atoms with Crippen molar-refractivity contribution in [2.75, 3.05) is 6.54 Å². The number of nitrogens with one attached hydrogen (secondary N) is 1. The largest absolute Gasteiger partial charge is 0.480 e. The van der Waals surface area contributed by atoms with Gasteiger partial charge in [0.2, 0.25) is 5.91 Å². The number of esters is 1. The summed E-state index contributed by atoms with van der Waals surface area (Å²) in [5.41, 5.74) is 5.48. The molecule has 0 spiro atoms. The predicted molar refractivity (Wildman–Crippen MR) is 229 cm³/mol. The molecule has 0 bridgehead atoms. The molecule has 0 aliphatic rings. The van der Waals surface area contributed by atoms with Gasteiger partial charge in [-0.15, -0.1) is 0 Å². The number of nitrogens with two attached hydrogens (primary N) is 1. The summed E-state index contributed by atoms with van der Waals surface area (Å²) in [5.74, 6) is -1.34. The van der Waals surface area contributed by atoms with Crippen molar-refractivity contribution in [1.29, 1.82) is 0 Å². The number of hydrogen-bond acceptors (Lipinski definition) is 5. The Morgan fingerprint density at radius 2 is 1.07 bits per heavy atom. The molecule has 0 aromatic heterocycles. The summed E-state index contributed by atoms with van der Waals surface area (Å²) in [6, 6.07) is -0.873. The molecule has 0 aromatic carbocycles. The Balaban J connectivity index is 4.21. The topological polar surface area (TPSA) is 119 Å². The Kier molecular flexibility index (Phi) is 39.0. The zero-order valence-electron chi connectivity index (χ0n) is 34.8. The molecular formula is C47H82N2O5. The van der Waals surface area contributed by atoms with Crippen molar-refractivity contribution >= 4 is 17.8 Å². The summed E-state index contributed by atoms with van der Waals surface area (Å²) in [7, 11) is 0. The molecule has 0 saturated heterocycles. The molecule has 7 heteroatoms. The van der Waals surface area contributed by atoms with Gasteiger partial charge in [-0.05, 0) is 103 Å². The standard InChI is InChI=1S/C47H82N2O5/c1-3-5-7-9-11-13-14-15-16-17-18-19-20-21-22-23-24-25-27-29-35-41-46(51)54-43(37-32-28-26-12-10-8-6-4-2)38-33-30-31-34-40-45(50)49-44(47(52)53)39-36-42-48/h5,7,11,13,15-16,18-19,32,37,43-44H,3-4,6,8-10,12,14,17,20-31,33-36,38-42,48H2,1-2H3,(H,49,50)(H,52,53)/b7-5-,13-11-,16-15-,19-18-,37-32-. The van der Waals surface area contributed by atoms with Gasteiger partial charge in [-0.3, -0.25) is 9.59 Å². The molecule has 0 aliphatic carbocycles. The van der Waals surface area contributed by atoms with Crippen molar-refractivity contribution in [3.63, 3.8) is 0 Å². The van der Waals surface area contributed by atoms with E-state index in [0.717, 1.165) is 70.6 Å². The van der Waals surface area contributed by atoms with Gasteiger partial charge < -0.3 is 20.9 Å². The minimum absolute atomic E-state index is 0.0978. The molecule has 1 amide bonds. The molecule has 310 valence electrons. The van der Waals surface area contributed by atoms with Crippen LogP contribution in [0.25, 0.3) is 0 Å². The summed E-state index contributed by atoms with van der Waals surface area (Å²) >= 11 is 0. The normalized spacial score (nSPS) is 13.2. The molecule has 0 radical (unpaired) electrons. The van der Waals surface area contributed by atoms with E-state index >= 15 is 0 Å². The lowest BCUT2D eigenvalue weighted by atomic mass is 10.1. The number of hydrogen-bond donors (Lipinski definition) is 3. The van der Waals surface area contributed by atoms with Crippen LogP contribution in [-0.4, -0.2) is 41.6 Å². The van der Waals surface area contributed by atoms with Gasteiger partial charge in [0.05, 0.1) is 0 Å². The number of carbonyl (C=O) groups is 3. The fourth-order valence-electron chi connectivity index (χ4n) is 6.23. The second kappa shape index (κ2) is 41.2. The van der Waals surface area contributed by atoms with E-state index in [4.69, 9.17) is 10.5 Å². The molecule has 0 rings (SSSR count). The van der Waals surface area contributed by atoms with E-state index in [9.17, 15) is 19.5 Å². The first-order valence-corrected chi connectivity index (χ1v) is 22.1. The molecule has 0 heterocycles. The molecule has 54 heavy (non-hydrogen) atoms. The average Bonchev–Trinajstić information content (AvgIpc) is 3.16. The van der Waals surface area contributed by atoms with Gasteiger partial charge >= 0.3 is 11.9 Å². The Morgan fingerprint density at radius 3 is 1.65 bits per heavy atom. The maximum atomic E-state index is 12.7. The van der Waals surface area contributed by atoms with Crippen LogP contribution in [0.5, 0.6) is 0 Å². The first kappa shape index (κ1) is 51.1. The summed E-state index contributed by atoms with van der Waals surface area (Å²) in [6.45, 7) is 4.80. The summed E-state index contributed by atoms with van der Waals surface area (Å²) in [4.78, 5) is 36.3. The van der Waals surface area contributed by atoms with Crippen LogP contribution in [-0.2, 0) is 19.1 Å². The summed E-state index contributed by atoms with van der Waals surface area (Å²) in [6.07, 6.45) is 51.4. The van der Waals surface area contributed by atoms with E-state index < -0.39 is 12.0 Å². The highest BCUT2D eigenvalue weighted by Crippen LogP contribution is 2.16. The fourth-order valence-corrected chi connectivity index (χ4v) is 6.23. The van der Waals surface area contributed by atoms with Gasteiger partial charge in [-0.2, -0.15) is 0 Å². The quantitative estimate of drug-likeness (QED) is 0.0327. The van der Waals surface area contributed by atoms with Crippen molar-refractivity contribution in [3.05, 3.63) is 60.8 Å². The van der Waals surface area contributed by atoms with Crippen LogP contribution in [0.3, 0.4) is 0 Å². The minimum atomic E-state index is -1.02. The van der Waals surface area contributed by atoms with Crippen LogP contribution in [0.1, 0.15) is 200 Å². The third-order valence-electron chi connectivity index (χ3n) is 9.55. The lowest BCUT2D eigenvalue weighted by Gasteiger charge is -2.15. The summed E-state index contributed by atoms with van der Waals surface area (Å²) < 4.78 is 5.93. The molecule has 0 saturated carbocycles. The van der Waals surface area contributed by atoms with Gasteiger partial charge in [0.25, 0.3) is 0 Å². The number of allylic oxidation sites excluding steroid dienone is 9. The minimum Gasteiger partial charge on any atom is -0.480 e. The molecule has 0 aromatic rings. The number of unbranched alkanes of at least 4 members (excludes halogenated alkanes) is 17. The van der Waals surface area contributed by atoms with E-state index in [1.54, 1.807) is 0 Å². The third-order valence-corrected chi connectivity index (χ3v) is 9.55. The number of ether oxygens (including phenoxy) is 1. The maximum Gasteiger partial charge on any atom is 0.326 e. The first-order chi connectivity index (χ1) is 26.4. The van der Waals surface area contributed by atoms with E-state index in [2.05, 4.69) is 79.9 Å². The zero-order chi connectivity index (χ0) is 39.6. The third kappa shape index (κ3) is 37.4. The Morgan fingerprint density at radius 1 is 0.574 bits per heavy atom. The Hall–Kier alpha value is -2.93. The van der Waals surface area contributed by atoms with Crippen molar-refractivity contribution in [2.24, 2.45) is 5.73 Å². The van der Waals surface area contributed by atoms with Crippen molar-refractivity contribution < 1.29 is 24.2 Å². The molecule has 4 N–H and O–H groups in total. The van der Waals surface area contributed by atoms with Gasteiger partial charge in [0.15, 0.2) is 0 Å². The number of amides is 1. The Bertz CT molecular complexity index is 1030. The molecule has 2 unspecified atom stereocenters. The molecule has 2 atom stereocenters. The maximum absolute atomic E-state index is 12.7. The molecule has 7 nitrogen and oxygen atoms in total. The second-order valence-electron chi connectivity index (χ2n) is 14.7. The smallest absolute Gasteiger partial charge is 0.326 e. The van der Waals surface area contributed by atoms with E-state index in [-0.39, 0.29) is 18.0 Å². The first-order valence-electron chi connectivity index (χ1n) is 22.1. The highest BCUT2D eigenvalue weighted by Gasteiger charge is 2.19. The van der Waals surface area contributed by atoms with Crippen LogP contribution < -0.4 is 11.1 Å². The lowest BCUT2D eigenvalue weighted by Crippen LogP contribution is -2.40. The van der Waals surface area contributed by atoms with Crippen LogP contribution >= 0.6 is 0 Å². The van der Waals surface area contributed by atoms with E-state index in [0.29, 0.717) is 38.6 Å². The number of carboxylic acids is 1. The molecule has 0 fully saturated rings. The highest BCUT2D eigenvalue weighted by molar-refractivity contribution is 5.83. The van der Waals surface area contributed by atoms with Crippen LogP contribution in [0, 0.1) is 0 Å². The van der Waals surface area contributed by atoms with Gasteiger partial charge in [0, 0.05) is 12.8 Å². The second-order valence-corrected chi connectivity index (χ2v) is 14.7. The molecular weight excluding hydrogens is 673 g/mol. The van der Waals surface area contributed by atoms with Crippen molar-refractivity contribution in [1.82, 2.24) is 5.32 Å². The van der Waals surface area contributed by atoms with Crippen LogP contribution in [0.15, 0.2) is 60.8 Å². The molecule has 0 aliphatic heterocycles. The lowest BCUT2D eigenvalue weighted by molar-refractivity contribution is -0.147. The van der Waals surface area contributed by atoms with Crippen LogP contribution in [0.4, 0.5) is 0 Å². The van der Waals surface area contributed by atoms with Crippen molar-refractivity contribution in [3.8, 4) is 0 Å². The van der Waals surface area contributed by atoms with E-state index in [1.165, 1.54) is 83.5 Å². The van der Waals surface area contributed by atoms with Crippen LogP contribution in [0.2, 0.25) is 0 Å². The Labute approximate surface area is 331 Å². The number of aliphatic carboxylic acids is 1. The zero-order valence-corrected chi connectivity index (χ0v) is 34.8. The van der Waals surface area contributed by atoms with Crippen molar-refractivity contribution in [2.45, 2.75) is 212 Å². The fraction of sp³-hybridized carbons (Fsp3) is 0.723. The average molecular weight is 755 g/mol. The highest BCUT2D eigenvalue weighted by atomic mass is 16.5. The van der Waals surface area contributed by atoms with Gasteiger partial charge in [0.1, 0.15) is 12.1 Å². The number of rotatable bonds is 39. The monoisotopic (exact) mass is 755 g/mol. The van der Waals surface area contributed by atoms with Gasteiger partial charge in [-0.1, -0.05) is 152 Å². The van der Waals surface area contributed by atoms with Gasteiger partial charge in [-0.25, -0.2) is 4.79 Å². The number of carboxylic acid groups (broad SMARTS) is 1. The SMILES string of the molecule is CC/C=C\C/C=C\C/C=C\C/C=C\CCCCCCCCCCC(=O)OC(/C=C\CCCCCCCC)CCCCCCC(=O)NC(CCCN)C(=O)O.